The number of ether oxygens (including phenoxy) is 1. The van der Waals surface area contributed by atoms with Crippen molar-refractivity contribution in [2.75, 3.05) is 17.2 Å². The molecule has 0 radical (unpaired) electrons. The highest BCUT2D eigenvalue weighted by Crippen LogP contribution is 2.32. The van der Waals surface area contributed by atoms with Gasteiger partial charge < -0.3 is 10.1 Å². The Morgan fingerprint density at radius 2 is 1.79 bits per heavy atom. The number of hydrogen-bond acceptors (Lipinski definition) is 6. The molecule has 4 aromatic rings. The lowest BCUT2D eigenvalue weighted by atomic mass is 10.1. The smallest absolute Gasteiger partial charge is 0.406 e. The predicted molar refractivity (Wildman–Crippen MR) is 154 cm³/mol. The summed E-state index contributed by atoms with van der Waals surface area (Å²) in [5.41, 5.74) is 4.77. The van der Waals surface area contributed by atoms with Gasteiger partial charge in [0.2, 0.25) is 0 Å². The van der Waals surface area contributed by atoms with Crippen LogP contribution in [0.3, 0.4) is 0 Å². The van der Waals surface area contributed by atoms with E-state index in [1.807, 2.05) is 56.3 Å². The Kier molecular flexibility index (Phi) is 8.29. The first-order chi connectivity index (χ1) is 20.1. The van der Waals surface area contributed by atoms with E-state index in [0.717, 1.165) is 39.7 Å². The molecule has 216 valence electrons. The quantitative estimate of drug-likeness (QED) is 0.263. The van der Waals surface area contributed by atoms with Crippen LogP contribution in [0.4, 0.5) is 28.4 Å². The maximum atomic E-state index is 12.6. The zero-order valence-corrected chi connectivity index (χ0v) is 23.4. The molecule has 1 aliphatic rings. The Morgan fingerprint density at radius 1 is 1.07 bits per heavy atom. The van der Waals surface area contributed by atoms with E-state index in [-0.39, 0.29) is 11.0 Å². The van der Waals surface area contributed by atoms with Gasteiger partial charge in [0.15, 0.2) is 5.82 Å². The summed E-state index contributed by atoms with van der Waals surface area (Å²) < 4.78 is 42.6. The minimum atomic E-state index is -4.76. The van der Waals surface area contributed by atoms with Gasteiger partial charge in [-0.15, -0.1) is 18.3 Å². The molecule has 0 aliphatic carbocycles. The summed E-state index contributed by atoms with van der Waals surface area (Å²) in [7, 11) is 0. The third-order valence-electron chi connectivity index (χ3n) is 6.36. The van der Waals surface area contributed by atoms with Gasteiger partial charge in [0.25, 0.3) is 5.24 Å². The molecule has 9 nitrogen and oxygen atoms in total. The normalized spacial score (nSPS) is 14.5. The first kappa shape index (κ1) is 28.9. The predicted octanol–water partition coefficient (Wildman–Crippen LogP) is 6.47. The van der Waals surface area contributed by atoms with E-state index in [1.54, 1.807) is 0 Å². The van der Waals surface area contributed by atoms with E-state index >= 15 is 0 Å². The summed E-state index contributed by atoms with van der Waals surface area (Å²) in [4.78, 5) is 35.2. The fourth-order valence-electron chi connectivity index (χ4n) is 4.48. The average Bonchev–Trinajstić information content (AvgIpc) is 3.56. The van der Waals surface area contributed by atoms with Crippen molar-refractivity contribution < 1.29 is 27.5 Å². The lowest BCUT2D eigenvalue weighted by molar-refractivity contribution is -0.274. The van der Waals surface area contributed by atoms with Gasteiger partial charge in [-0.25, -0.2) is 14.5 Å². The van der Waals surface area contributed by atoms with Crippen LogP contribution in [0.1, 0.15) is 16.7 Å². The van der Waals surface area contributed by atoms with Crippen LogP contribution in [0.15, 0.2) is 78.0 Å². The van der Waals surface area contributed by atoms with E-state index in [0.29, 0.717) is 36.1 Å². The van der Waals surface area contributed by atoms with Gasteiger partial charge in [-0.2, -0.15) is 4.99 Å². The Balaban J connectivity index is 1.20. The van der Waals surface area contributed by atoms with E-state index in [4.69, 9.17) is 0 Å². The van der Waals surface area contributed by atoms with Crippen molar-refractivity contribution in [3.63, 3.8) is 0 Å². The summed E-state index contributed by atoms with van der Waals surface area (Å²) >= 11 is 1.11. The largest absolute Gasteiger partial charge is 0.573 e. The number of amidine groups is 1. The molecule has 0 saturated carbocycles. The minimum absolute atomic E-state index is 0.167. The highest BCUT2D eigenvalue weighted by Gasteiger charge is 2.32. The second-order valence-electron chi connectivity index (χ2n) is 9.40. The highest BCUT2D eigenvalue weighted by molar-refractivity contribution is 8.15. The monoisotopic (exact) mass is 594 g/mol. The molecular weight excluding hydrogens is 569 g/mol. The van der Waals surface area contributed by atoms with Crippen molar-refractivity contribution >= 4 is 34.6 Å². The molecule has 0 unspecified atom stereocenters. The van der Waals surface area contributed by atoms with Gasteiger partial charge in [-0.3, -0.25) is 9.69 Å². The number of anilines is 1. The molecule has 3 amide bonds. The number of halogens is 3. The maximum absolute atomic E-state index is 12.6. The SMILES string of the molecule is Cc1cccc(C)c1N1C(=O)SCC1=NC(=O)NCCc1cccc(-c2ncn(-c3ccc(OC(F)(F)F)cc3)n2)c1. The summed E-state index contributed by atoms with van der Waals surface area (Å²) in [6, 6.07) is 18.0. The number of carbonyl (C=O) groups is 2. The molecule has 0 spiro atoms. The Morgan fingerprint density at radius 3 is 2.50 bits per heavy atom. The van der Waals surface area contributed by atoms with Crippen LogP contribution in [-0.4, -0.2) is 50.5 Å². The van der Waals surface area contributed by atoms with Crippen LogP contribution in [0.2, 0.25) is 0 Å². The van der Waals surface area contributed by atoms with Crippen LogP contribution in [-0.2, 0) is 6.42 Å². The molecule has 1 fully saturated rings. The third kappa shape index (κ3) is 6.79. The lowest BCUT2D eigenvalue weighted by Crippen LogP contribution is -2.32. The first-order valence-electron chi connectivity index (χ1n) is 12.8. The molecule has 5 rings (SSSR count). The van der Waals surface area contributed by atoms with Crippen molar-refractivity contribution in [2.24, 2.45) is 4.99 Å². The lowest BCUT2D eigenvalue weighted by Gasteiger charge is -2.20. The number of carbonyl (C=O) groups excluding carboxylic acids is 2. The average molecular weight is 595 g/mol. The van der Waals surface area contributed by atoms with Crippen LogP contribution in [0.5, 0.6) is 5.75 Å². The number of urea groups is 1. The number of rotatable bonds is 7. The number of nitrogens with one attached hydrogen (secondary N) is 1. The van der Waals surface area contributed by atoms with Crippen LogP contribution in [0.25, 0.3) is 17.1 Å². The second-order valence-corrected chi connectivity index (χ2v) is 10.3. The third-order valence-corrected chi connectivity index (χ3v) is 7.19. The van der Waals surface area contributed by atoms with E-state index in [1.165, 1.54) is 40.2 Å². The minimum Gasteiger partial charge on any atom is -0.406 e. The number of thioether (sulfide) groups is 1. The number of nitrogens with zero attached hydrogens (tertiary/aromatic N) is 5. The number of aromatic nitrogens is 3. The van der Waals surface area contributed by atoms with Crippen LogP contribution < -0.4 is 15.0 Å². The molecule has 2 heterocycles. The fraction of sp³-hybridized carbons (Fsp3) is 0.207. The number of para-hydroxylation sites is 1. The number of hydrogen-bond donors (Lipinski definition) is 1. The summed E-state index contributed by atoms with van der Waals surface area (Å²) in [5.74, 6) is 0.809. The van der Waals surface area contributed by atoms with Crippen LogP contribution in [0, 0.1) is 13.8 Å². The molecule has 0 bridgehead atoms. The zero-order chi connectivity index (χ0) is 29.9. The van der Waals surface area contributed by atoms with Gasteiger partial charge in [0, 0.05) is 12.1 Å². The zero-order valence-electron chi connectivity index (χ0n) is 22.6. The van der Waals surface area contributed by atoms with Crippen molar-refractivity contribution in [2.45, 2.75) is 26.6 Å². The van der Waals surface area contributed by atoms with E-state index < -0.39 is 12.4 Å². The molecule has 1 saturated heterocycles. The Labute approximate surface area is 243 Å². The van der Waals surface area contributed by atoms with Crippen molar-refractivity contribution in [3.8, 4) is 22.8 Å². The number of amides is 3. The standard InChI is InChI=1S/C29H25F3N6O3S/c1-18-5-3-6-19(2)25(18)38-24(16-42-28(38)40)35-27(39)33-14-13-20-7-4-8-21(15-20)26-34-17-37(36-26)22-9-11-23(12-10-22)41-29(30,31)32/h3-12,15,17H,13-14,16H2,1-2H3,(H,33,39). The molecule has 42 heavy (non-hydrogen) atoms. The highest BCUT2D eigenvalue weighted by atomic mass is 32.2. The summed E-state index contributed by atoms with van der Waals surface area (Å²) in [6.07, 6.45) is -2.78. The van der Waals surface area contributed by atoms with Crippen molar-refractivity contribution in [3.05, 3.63) is 89.7 Å². The number of benzene rings is 3. The van der Waals surface area contributed by atoms with Gasteiger partial charge in [0.05, 0.1) is 17.1 Å². The number of aliphatic imine (C=N–C) groups is 1. The van der Waals surface area contributed by atoms with Crippen LogP contribution >= 0.6 is 11.8 Å². The summed E-state index contributed by atoms with van der Waals surface area (Å²) in [6.45, 7) is 4.15. The summed E-state index contributed by atoms with van der Waals surface area (Å²) in [5, 5.41) is 7.05. The maximum Gasteiger partial charge on any atom is 0.573 e. The van der Waals surface area contributed by atoms with Gasteiger partial charge in [-0.1, -0.05) is 48.2 Å². The number of aryl methyl sites for hydroxylation is 2. The molecular formula is C29H25F3N6O3S. The molecule has 0 atom stereocenters. The number of alkyl halides is 3. The second kappa shape index (κ2) is 12.1. The molecule has 3 aromatic carbocycles. The van der Waals surface area contributed by atoms with Crippen molar-refractivity contribution in [1.29, 1.82) is 0 Å². The van der Waals surface area contributed by atoms with E-state index in [2.05, 4.69) is 25.1 Å². The first-order valence-corrected chi connectivity index (χ1v) is 13.8. The van der Waals surface area contributed by atoms with Crippen molar-refractivity contribution in [1.82, 2.24) is 20.1 Å². The Hall–Kier alpha value is -4.65. The fourth-order valence-corrected chi connectivity index (χ4v) is 5.25. The molecule has 1 aliphatic heterocycles. The van der Waals surface area contributed by atoms with E-state index in [9.17, 15) is 22.8 Å². The molecule has 1 N–H and O–H groups in total. The van der Waals surface area contributed by atoms with Gasteiger partial charge in [0.1, 0.15) is 17.9 Å². The van der Waals surface area contributed by atoms with Gasteiger partial charge in [-0.05, 0) is 67.3 Å². The molecule has 13 heteroatoms. The van der Waals surface area contributed by atoms with Gasteiger partial charge >= 0.3 is 12.4 Å². The Bertz CT molecular complexity index is 1630. The topological polar surface area (TPSA) is 102 Å². The molecule has 1 aromatic heterocycles.